The van der Waals surface area contributed by atoms with Crippen molar-refractivity contribution in [3.8, 4) is 0 Å². The lowest BCUT2D eigenvalue weighted by Gasteiger charge is -2.09. The highest BCUT2D eigenvalue weighted by Crippen LogP contribution is 2.19. The molecule has 0 aliphatic carbocycles. The topological polar surface area (TPSA) is 49.8 Å². The predicted octanol–water partition coefficient (Wildman–Crippen LogP) is 4.28. The van der Waals surface area contributed by atoms with Crippen LogP contribution in [-0.4, -0.2) is 9.97 Å². The Labute approximate surface area is 134 Å². The summed E-state index contributed by atoms with van der Waals surface area (Å²) in [5.41, 5.74) is 2.77. The van der Waals surface area contributed by atoms with Crippen molar-refractivity contribution in [3.63, 3.8) is 0 Å². The highest BCUT2D eigenvalue weighted by molar-refractivity contribution is 5.59. The molecule has 3 rings (SSSR count). The molecule has 2 N–H and O–H groups in total. The van der Waals surface area contributed by atoms with E-state index in [0.717, 1.165) is 0 Å². The molecule has 0 bridgehead atoms. The average Bonchev–Trinajstić information content (AvgIpc) is 2.56. The van der Waals surface area contributed by atoms with Gasteiger partial charge in [0, 0.05) is 12.6 Å². The summed E-state index contributed by atoms with van der Waals surface area (Å²) < 4.78 is 13.7. The summed E-state index contributed by atoms with van der Waals surface area (Å²) in [6.45, 7) is 2.72. The van der Waals surface area contributed by atoms with E-state index < -0.39 is 0 Å². The monoisotopic (exact) mass is 308 g/mol. The maximum Gasteiger partial charge on any atom is 0.146 e. The molecular formula is C18H17FN4. The summed E-state index contributed by atoms with van der Waals surface area (Å²) in [4.78, 5) is 8.30. The fraction of sp³-hybridized carbons (Fsp3) is 0.111. The minimum absolute atomic E-state index is 0.319. The van der Waals surface area contributed by atoms with Crippen LogP contribution in [-0.2, 0) is 6.54 Å². The standard InChI is InChI=1S/C18H17FN4/c1-13-5-4-6-14(9-13)11-20-17-10-18(22-12-21-17)23-16-8-3-2-7-15(16)19/h2-10,12H,11H2,1H3,(H2,20,21,22,23). The molecule has 23 heavy (non-hydrogen) atoms. The van der Waals surface area contributed by atoms with Crippen LogP contribution in [0.1, 0.15) is 11.1 Å². The minimum Gasteiger partial charge on any atom is -0.366 e. The van der Waals surface area contributed by atoms with Crippen LogP contribution in [0.5, 0.6) is 0 Å². The van der Waals surface area contributed by atoms with Crippen LogP contribution in [0, 0.1) is 12.7 Å². The van der Waals surface area contributed by atoms with Crippen LogP contribution in [0.15, 0.2) is 60.9 Å². The first-order chi connectivity index (χ1) is 11.2. The molecule has 116 valence electrons. The molecule has 2 aromatic carbocycles. The molecule has 0 spiro atoms. The van der Waals surface area contributed by atoms with Gasteiger partial charge in [0.2, 0.25) is 0 Å². The summed E-state index contributed by atoms with van der Waals surface area (Å²) in [6.07, 6.45) is 1.45. The van der Waals surface area contributed by atoms with Crippen molar-refractivity contribution in [3.05, 3.63) is 77.9 Å². The first kappa shape index (κ1) is 15.0. The second-order valence-corrected chi connectivity index (χ2v) is 5.24. The third kappa shape index (κ3) is 4.03. The van der Waals surface area contributed by atoms with E-state index in [-0.39, 0.29) is 5.82 Å². The summed E-state index contributed by atoms with van der Waals surface area (Å²) in [7, 11) is 0. The van der Waals surface area contributed by atoms with Gasteiger partial charge >= 0.3 is 0 Å². The molecule has 3 aromatic rings. The van der Waals surface area contributed by atoms with Crippen molar-refractivity contribution in [1.82, 2.24) is 9.97 Å². The maximum absolute atomic E-state index is 13.7. The van der Waals surface area contributed by atoms with Gasteiger partial charge in [-0.1, -0.05) is 42.0 Å². The third-order valence-electron chi connectivity index (χ3n) is 3.36. The second kappa shape index (κ2) is 6.87. The molecule has 0 saturated carbocycles. The molecular weight excluding hydrogens is 291 g/mol. The van der Waals surface area contributed by atoms with E-state index in [1.165, 1.54) is 23.5 Å². The van der Waals surface area contributed by atoms with Crippen LogP contribution < -0.4 is 10.6 Å². The zero-order valence-corrected chi connectivity index (χ0v) is 12.8. The molecule has 1 aromatic heterocycles. The molecule has 5 heteroatoms. The van der Waals surface area contributed by atoms with Gasteiger partial charge in [0.15, 0.2) is 0 Å². The van der Waals surface area contributed by atoms with Crippen molar-refractivity contribution >= 4 is 17.3 Å². The van der Waals surface area contributed by atoms with E-state index in [0.29, 0.717) is 23.9 Å². The molecule has 0 aliphatic heterocycles. The Hall–Kier alpha value is -2.95. The van der Waals surface area contributed by atoms with Crippen molar-refractivity contribution in [2.75, 3.05) is 10.6 Å². The number of hydrogen-bond acceptors (Lipinski definition) is 4. The van der Waals surface area contributed by atoms with Gasteiger partial charge in [-0.05, 0) is 24.6 Å². The first-order valence-corrected chi connectivity index (χ1v) is 7.34. The number of aromatic nitrogens is 2. The number of nitrogens with zero attached hydrogens (tertiary/aromatic N) is 2. The Morgan fingerprint density at radius 3 is 2.61 bits per heavy atom. The van der Waals surface area contributed by atoms with Crippen LogP contribution >= 0.6 is 0 Å². The largest absolute Gasteiger partial charge is 0.366 e. The van der Waals surface area contributed by atoms with Gasteiger partial charge in [0.1, 0.15) is 23.8 Å². The number of nitrogens with one attached hydrogen (secondary N) is 2. The number of para-hydroxylation sites is 1. The third-order valence-corrected chi connectivity index (χ3v) is 3.36. The Morgan fingerprint density at radius 2 is 1.78 bits per heavy atom. The maximum atomic E-state index is 13.7. The van der Waals surface area contributed by atoms with E-state index in [1.807, 2.05) is 6.07 Å². The number of anilines is 3. The van der Waals surface area contributed by atoms with E-state index in [4.69, 9.17) is 0 Å². The van der Waals surface area contributed by atoms with Gasteiger partial charge < -0.3 is 10.6 Å². The average molecular weight is 308 g/mol. The van der Waals surface area contributed by atoms with Crippen LogP contribution in [0.2, 0.25) is 0 Å². The number of halogens is 1. The van der Waals surface area contributed by atoms with Gasteiger partial charge in [-0.3, -0.25) is 0 Å². The zero-order valence-electron chi connectivity index (χ0n) is 12.8. The zero-order chi connectivity index (χ0) is 16.1. The predicted molar refractivity (Wildman–Crippen MR) is 90.2 cm³/mol. The Bertz CT molecular complexity index is 804. The molecule has 0 aliphatic rings. The molecule has 4 nitrogen and oxygen atoms in total. The van der Waals surface area contributed by atoms with E-state index >= 15 is 0 Å². The fourth-order valence-corrected chi connectivity index (χ4v) is 2.24. The van der Waals surface area contributed by atoms with Crippen LogP contribution in [0.25, 0.3) is 0 Å². The molecule has 1 heterocycles. The highest BCUT2D eigenvalue weighted by atomic mass is 19.1. The van der Waals surface area contributed by atoms with E-state index in [1.54, 1.807) is 24.3 Å². The summed E-state index contributed by atoms with van der Waals surface area (Å²) >= 11 is 0. The van der Waals surface area contributed by atoms with Gasteiger partial charge in [-0.2, -0.15) is 0 Å². The number of hydrogen-bond donors (Lipinski definition) is 2. The SMILES string of the molecule is Cc1cccc(CNc2cc(Nc3ccccc3F)ncn2)c1. The summed E-state index contributed by atoms with van der Waals surface area (Å²) in [6, 6.07) is 16.5. The molecule has 0 unspecified atom stereocenters. The van der Waals surface area contributed by atoms with Gasteiger partial charge in [-0.25, -0.2) is 14.4 Å². The normalized spacial score (nSPS) is 10.3. The van der Waals surface area contributed by atoms with E-state index in [9.17, 15) is 4.39 Å². The Kier molecular flexibility index (Phi) is 4.47. The molecule has 0 radical (unpaired) electrons. The Balaban J connectivity index is 1.69. The van der Waals surface area contributed by atoms with Crippen molar-refractivity contribution in [2.24, 2.45) is 0 Å². The molecule has 0 saturated heterocycles. The highest BCUT2D eigenvalue weighted by Gasteiger charge is 2.03. The summed E-state index contributed by atoms with van der Waals surface area (Å²) in [5.74, 6) is 0.901. The van der Waals surface area contributed by atoms with Gasteiger partial charge in [0.25, 0.3) is 0 Å². The van der Waals surface area contributed by atoms with Crippen molar-refractivity contribution in [2.45, 2.75) is 13.5 Å². The van der Waals surface area contributed by atoms with Gasteiger partial charge in [-0.15, -0.1) is 0 Å². The Morgan fingerprint density at radius 1 is 0.957 bits per heavy atom. The summed E-state index contributed by atoms with van der Waals surface area (Å²) in [5, 5.41) is 6.20. The lowest BCUT2D eigenvalue weighted by molar-refractivity contribution is 0.632. The molecule has 0 atom stereocenters. The van der Waals surface area contributed by atoms with Crippen LogP contribution in [0.4, 0.5) is 21.7 Å². The van der Waals surface area contributed by atoms with Crippen molar-refractivity contribution < 1.29 is 4.39 Å². The number of aryl methyl sites for hydroxylation is 1. The fourth-order valence-electron chi connectivity index (χ4n) is 2.24. The van der Waals surface area contributed by atoms with E-state index in [2.05, 4.69) is 45.7 Å². The quantitative estimate of drug-likeness (QED) is 0.738. The number of rotatable bonds is 5. The smallest absolute Gasteiger partial charge is 0.146 e. The lowest BCUT2D eigenvalue weighted by atomic mass is 10.1. The molecule has 0 amide bonds. The van der Waals surface area contributed by atoms with Gasteiger partial charge in [0.05, 0.1) is 5.69 Å². The minimum atomic E-state index is -0.319. The number of benzene rings is 2. The van der Waals surface area contributed by atoms with Crippen molar-refractivity contribution in [1.29, 1.82) is 0 Å². The second-order valence-electron chi connectivity index (χ2n) is 5.24. The van der Waals surface area contributed by atoms with Crippen LogP contribution in [0.3, 0.4) is 0 Å². The lowest BCUT2D eigenvalue weighted by Crippen LogP contribution is -2.03. The first-order valence-electron chi connectivity index (χ1n) is 7.34. The molecule has 0 fully saturated rings.